The minimum atomic E-state index is -1.67. The van der Waals surface area contributed by atoms with E-state index in [0.717, 1.165) is 5.92 Å². The molecule has 3 nitrogen and oxygen atoms in total. The van der Waals surface area contributed by atoms with Crippen LogP contribution in [0.2, 0.25) is 0 Å². The molecule has 0 radical (unpaired) electrons. The van der Waals surface area contributed by atoms with E-state index in [2.05, 4.69) is 20.8 Å². The van der Waals surface area contributed by atoms with E-state index < -0.39 is 9.53 Å². The van der Waals surface area contributed by atoms with Crippen molar-refractivity contribution in [2.45, 2.75) is 27.2 Å². The first-order valence-corrected chi connectivity index (χ1v) is 5.62. The summed E-state index contributed by atoms with van der Waals surface area (Å²) in [4.78, 5) is 0. The van der Waals surface area contributed by atoms with Gasteiger partial charge in [0.1, 0.15) is 0 Å². The Labute approximate surface area is 78.0 Å². The van der Waals surface area contributed by atoms with Crippen molar-refractivity contribution in [3.05, 3.63) is 0 Å². The Hall–Kier alpha value is 0.0969. The van der Waals surface area contributed by atoms with Crippen LogP contribution >= 0.6 is 0 Å². The average molecular weight is 194 g/mol. The fourth-order valence-corrected chi connectivity index (χ4v) is 0.866. The van der Waals surface area contributed by atoms with Crippen LogP contribution in [0.25, 0.3) is 0 Å². The summed E-state index contributed by atoms with van der Waals surface area (Å²) in [6.07, 6.45) is 1.31. The van der Waals surface area contributed by atoms with Gasteiger partial charge in [-0.1, -0.05) is 27.2 Å². The van der Waals surface area contributed by atoms with Crippen LogP contribution in [0.1, 0.15) is 27.2 Å². The van der Waals surface area contributed by atoms with Crippen molar-refractivity contribution in [2.75, 3.05) is 21.3 Å². The van der Waals surface area contributed by atoms with Crippen LogP contribution in [0.3, 0.4) is 0 Å². The van der Waals surface area contributed by atoms with Crippen molar-refractivity contribution in [3.8, 4) is 0 Å². The van der Waals surface area contributed by atoms with Crippen molar-refractivity contribution in [2.24, 2.45) is 5.92 Å². The van der Waals surface area contributed by atoms with E-state index in [1.165, 1.54) is 6.42 Å². The Morgan fingerprint density at radius 1 is 1.00 bits per heavy atom. The molecule has 0 aromatic rings. The van der Waals surface area contributed by atoms with Crippen LogP contribution in [0.4, 0.5) is 0 Å². The van der Waals surface area contributed by atoms with Gasteiger partial charge in [-0.05, 0) is 5.92 Å². The normalized spacial score (nSPS) is 10.0. The topological polar surface area (TPSA) is 27.7 Å². The molecule has 0 spiro atoms. The Balaban J connectivity index is 0. The predicted octanol–water partition coefficient (Wildman–Crippen LogP) is 1.70. The first kappa shape index (κ1) is 14.6. The summed E-state index contributed by atoms with van der Waals surface area (Å²) in [6.45, 7) is 6.64. The third-order valence-corrected chi connectivity index (χ3v) is 2.55. The Morgan fingerprint density at radius 3 is 1.25 bits per heavy atom. The van der Waals surface area contributed by atoms with Crippen LogP contribution in [0, 0.1) is 5.92 Å². The van der Waals surface area contributed by atoms with Crippen molar-refractivity contribution in [1.29, 1.82) is 0 Å². The highest BCUT2D eigenvalue weighted by Gasteiger charge is 2.04. The smallest absolute Gasteiger partial charge is 0.379 e. The highest BCUT2D eigenvalue weighted by molar-refractivity contribution is 6.36. The van der Waals surface area contributed by atoms with Gasteiger partial charge >= 0.3 is 9.53 Å². The third-order valence-electron chi connectivity index (χ3n) is 1.39. The van der Waals surface area contributed by atoms with Crippen molar-refractivity contribution < 1.29 is 13.3 Å². The molecule has 0 heterocycles. The van der Waals surface area contributed by atoms with E-state index in [-0.39, 0.29) is 0 Å². The van der Waals surface area contributed by atoms with Crippen LogP contribution in [-0.2, 0) is 13.3 Å². The van der Waals surface area contributed by atoms with Crippen molar-refractivity contribution in [1.82, 2.24) is 0 Å². The second kappa shape index (κ2) is 11.1. The largest absolute Gasteiger partial charge is 0.483 e. The zero-order valence-corrected chi connectivity index (χ0v) is 10.2. The zero-order chi connectivity index (χ0) is 9.98. The Kier molecular flexibility index (Phi) is 13.5. The molecule has 76 valence electrons. The molecule has 0 unspecified atom stereocenters. The third kappa shape index (κ3) is 12.7. The van der Waals surface area contributed by atoms with Gasteiger partial charge in [-0.2, -0.15) is 0 Å². The molecule has 0 aliphatic heterocycles. The Morgan fingerprint density at radius 2 is 1.25 bits per heavy atom. The maximum Gasteiger partial charge on any atom is 0.483 e. The molecule has 0 aliphatic rings. The maximum atomic E-state index is 4.74. The molecule has 0 bridgehead atoms. The predicted molar refractivity (Wildman–Crippen MR) is 53.3 cm³/mol. The van der Waals surface area contributed by atoms with Gasteiger partial charge in [-0.15, -0.1) is 0 Å². The highest BCUT2D eigenvalue weighted by Crippen LogP contribution is 1.93. The van der Waals surface area contributed by atoms with Gasteiger partial charge in [0, 0.05) is 21.3 Å². The molecule has 0 amide bonds. The van der Waals surface area contributed by atoms with Gasteiger partial charge in [0.15, 0.2) is 0 Å². The minimum absolute atomic E-state index is 0.884. The summed E-state index contributed by atoms with van der Waals surface area (Å²) in [5.74, 6) is 0.884. The van der Waals surface area contributed by atoms with E-state index in [9.17, 15) is 0 Å². The molecule has 0 saturated heterocycles. The standard InChI is InChI=1S/C5H12.C3H10O3Si/c1-4-5(2)3;1-4-7(5-2)6-3/h5H,4H2,1-3H3;7H,1-3H3. The minimum Gasteiger partial charge on any atom is -0.379 e. The average Bonchev–Trinajstić information content (AvgIpc) is 2.09. The van der Waals surface area contributed by atoms with Gasteiger partial charge in [-0.25, -0.2) is 0 Å². The van der Waals surface area contributed by atoms with Crippen LogP contribution in [0.15, 0.2) is 0 Å². The molecule has 0 atom stereocenters. The lowest BCUT2D eigenvalue weighted by molar-refractivity contribution is 0.163. The summed E-state index contributed by atoms with van der Waals surface area (Å²) >= 11 is 0. The van der Waals surface area contributed by atoms with E-state index in [0.29, 0.717) is 0 Å². The maximum absolute atomic E-state index is 4.74. The molecule has 0 fully saturated rings. The van der Waals surface area contributed by atoms with Crippen LogP contribution in [-0.4, -0.2) is 30.9 Å². The quantitative estimate of drug-likeness (QED) is 0.638. The molecule has 0 aromatic heterocycles. The second-order valence-corrected chi connectivity index (χ2v) is 4.79. The first-order valence-electron chi connectivity index (χ1n) is 4.20. The summed E-state index contributed by atoms with van der Waals surface area (Å²) in [6, 6.07) is 0. The second-order valence-electron chi connectivity index (χ2n) is 2.80. The summed E-state index contributed by atoms with van der Waals surface area (Å²) in [7, 11) is 3.05. The molecule has 4 heteroatoms. The summed E-state index contributed by atoms with van der Waals surface area (Å²) in [5.41, 5.74) is 0. The molecular formula is C8H22O3Si. The monoisotopic (exact) mass is 194 g/mol. The lowest BCUT2D eigenvalue weighted by atomic mass is 10.2. The van der Waals surface area contributed by atoms with E-state index in [1.54, 1.807) is 21.3 Å². The van der Waals surface area contributed by atoms with Crippen LogP contribution < -0.4 is 0 Å². The highest BCUT2D eigenvalue weighted by atomic mass is 28.3. The van der Waals surface area contributed by atoms with Crippen molar-refractivity contribution >= 4 is 9.53 Å². The number of hydrogen-bond donors (Lipinski definition) is 0. The fourth-order valence-electron chi connectivity index (χ4n) is 0.289. The van der Waals surface area contributed by atoms with E-state index >= 15 is 0 Å². The van der Waals surface area contributed by atoms with Crippen LogP contribution in [0.5, 0.6) is 0 Å². The molecule has 0 saturated carbocycles. The molecular weight excluding hydrogens is 172 g/mol. The molecule has 0 aliphatic carbocycles. The van der Waals surface area contributed by atoms with Crippen molar-refractivity contribution in [3.63, 3.8) is 0 Å². The van der Waals surface area contributed by atoms with Gasteiger partial charge in [0.2, 0.25) is 0 Å². The number of hydrogen-bond acceptors (Lipinski definition) is 3. The SMILES string of the molecule is CCC(C)C.CO[SiH](OC)OC. The van der Waals surface area contributed by atoms with E-state index in [1.807, 2.05) is 0 Å². The molecule has 0 rings (SSSR count). The zero-order valence-electron chi connectivity index (χ0n) is 9.09. The summed E-state index contributed by atoms with van der Waals surface area (Å²) in [5, 5.41) is 0. The van der Waals surface area contributed by atoms with Gasteiger partial charge in [0.05, 0.1) is 0 Å². The lowest BCUT2D eigenvalue weighted by Gasteiger charge is -2.05. The lowest BCUT2D eigenvalue weighted by Crippen LogP contribution is -2.21. The molecule has 12 heavy (non-hydrogen) atoms. The first-order chi connectivity index (χ1) is 5.62. The van der Waals surface area contributed by atoms with Gasteiger partial charge in [0.25, 0.3) is 0 Å². The molecule has 0 aromatic carbocycles. The van der Waals surface area contributed by atoms with Gasteiger partial charge in [-0.3, -0.25) is 0 Å². The number of rotatable bonds is 4. The van der Waals surface area contributed by atoms with Gasteiger partial charge < -0.3 is 13.3 Å². The van der Waals surface area contributed by atoms with E-state index in [4.69, 9.17) is 13.3 Å². The Bertz CT molecular complexity index is 69.2. The molecule has 0 N–H and O–H groups in total. The summed E-state index contributed by atoms with van der Waals surface area (Å²) < 4.78 is 14.2. The fraction of sp³-hybridized carbons (Fsp3) is 1.00.